The molecule has 0 saturated carbocycles. The molecular weight excluding hydrogens is 156 g/mol. The van der Waals surface area contributed by atoms with E-state index in [-0.39, 0.29) is 11.9 Å². The molecule has 0 spiro atoms. The number of rotatable bonds is 3. The van der Waals surface area contributed by atoms with E-state index in [2.05, 4.69) is 5.43 Å². The minimum Gasteiger partial charge on any atom is -0.460 e. The number of ether oxygens (including phenoxy) is 1. The van der Waals surface area contributed by atoms with E-state index in [1.807, 2.05) is 20.8 Å². The average molecular weight is 174 g/mol. The van der Waals surface area contributed by atoms with Crippen molar-refractivity contribution in [1.29, 1.82) is 0 Å². The molecule has 4 heteroatoms. The lowest BCUT2D eigenvalue weighted by molar-refractivity contribution is -0.159. The molecule has 3 N–H and O–H groups in total. The molecule has 1 unspecified atom stereocenters. The maximum Gasteiger partial charge on any atom is 0.310 e. The summed E-state index contributed by atoms with van der Waals surface area (Å²) in [6.45, 7) is 7.73. The molecule has 0 fully saturated rings. The Morgan fingerprint density at radius 2 is 2.08 bits per heavy atom. The molecule has 0 aliphatic carbocycles. The maximum absolute atomic E-state index is 11.2. The van der Waals surface area contributed by atoms with Crippen molar-refractivity contribution in [3.8, 4) is 0 Å². The van der Waals surface area contributed by atoms with Crippen LogP contribution in [0.25, 0.3) is 0 Å². The van der Waals surface area contributed by atoms with E-state index in [1.54, 1.807) is 6.92 Å². The highest BCUT2D eigenvalue weighted by molar-refractivity contribution is 5.72. The summed E-state index contributed by atoms with van der Waals surface area (Å²) < 4.78 is 5.12. The van der Waals surface area contributed by atoms with Crippen molar-refractivity contribution in [3.63, 3.8) is 0 Å². The zero-order valence-electron chi connectivity index (χ0n) is 8.18. The highest BCUT2D eigenvalue weighted by atomic mass is 16.6. The van der Waals surface area contributed by atoms with Gasteiger partial charge in [0.1, 0.15) is 5.60 Å². The molecule has 0 radical (unpaired) electrons. The second kappa shape index (κ2) is 4.42. The van der Waals surface area contributed by atoms with Crippen LogP contribution in [0.4, 0.5) is 0 Å². The van der Waals surface area contributed by atoms with Gasteiger partial charge in [-0.3, -0.25) is 16.1 Å². The molecule has 0 heterocycles. The van der Waals surface area contributed by atoms with Crippen LogP contribution in [0, 0.1) is 5.92 Å². The van der Waals surface area contributed by atoms with Crippen molar-refractivity contribution in [3.05, 3.63) is 0 Å². The van der Waals surface area contributed by atoms with Crippen molar-refractivity contribution >= 4 is 5.97 Å². The minimum absolute atomic E-state index is 0.200. The third-order valence-corrected chi connectivity index (χ3v) is 1.23. The van der Waals surface area contributed by atoms with Crippen molar-refractivity contribution in [2.45, 2.75) is 33.3 Å². The van der Waals surface area contributed by atoms with Gasteiger partial charge in [0.25, 0.3) is 0 Å². The first-order valence-corrected chi connectivity index (χ1v) is 4.03. The van der Waals surface area contributed by atoms with E-state index < -0.39 is 5.60 Å². The summed E-state index contributed by atoms with van der Waals surface area (Å²) in [6, 6.07) is 0. The molecule has 0 saturated heterocycles. The van der Waals surface area contributed by atoms with Crippen LogP contribution in [0.3, 0.4) is 0 Å². The number of hydrogen-bond donors (Lipinski definition) is 2. The second-order valence-corrected chi connectivity index (χ2v) is 3.84. The minimum atomic E-state index is -0.417. The van der Waals surface area contributed by atoms with E-state index >= 15 is 0 Å². The average Bonchev–Trinajstić information content (AvgIpc) is 1.84. The highest BCUT2D eigenvalue weighted by Gasteiger charge is 2.20. The lowest BCUT2D eigenvalue weighted by atomic mass is 10.1. The molecule has 0 bridgehead atoms. The monoisotopic (exact) mass is 174 g/mol. The molecule has 0 aromatic heterocycles. The summed E-state index contributed by atoms with van der Waals surface area (Å²) >= 11 is 0. The molecule has 1 atom stereocenters. The van der Waals surface area contributed by atoms with Gasteiger partial charge in [-0.2, -0.15) is 0 Å². The topological polar surface area (TPSA) is 64.3 Å². The summed E-state index contributed by atoms with van der Waals surface area (Å²) in [4.78, 5) is 11.2. The molecule has 0 aliphatic rings. The Bertz CT molecular complexity index is 152. The first kappa shape index (κ1) is 11.4. The summed E-state index contributed by atoms with van der Waals surface area (Å²) in [7, 11) is 0. The van der Waals surface area contributed by atoms with Crippen LogP contribution < -0.4 is 11.3 Å². The Labute approximate surface area is 73.4 Å². The quantitative estimate of drug-likeness (QED) is 0.370. The summed E-state index contributed by atoms with van der Waals surface area (Å²) in [6.07, 6.45) is 0. The number of hydrogen-bond acceptors (Lipinski definition) is 4. The molecule has 0 aromatic rings. The smallest absolute Gasteiger partial charge is 0.310 e. The number of carbonyl (C=O) groups is 1. The van der Waals surface area contributed by atoms with Crippen LogP contribution in [0.15, 0.2) is 0 Å². The van der Waals surface area contributed by atoms with Gasteiger partial charge in [0.15, 0.2) is 0 Å². The van der Waals surface area contributed by atoms with Crippen LogP contribution in [0.5, 0.6) is 0 Å². The molecule has 72 valence electrons. The Balaban J connectivity index is 3.87. The lowest BCUT2D eigenvalue weighted by Crippen LogP contribution is -2.35. The molecular formula is C8H18N2O2. The predicted molar refractivity (Wildman–Crippen MR) is 47.2 cm³/mol. The van der Waals surface area contributed by atoms with E-state index in [4.69, 9.17) is 10.6 Å². The predicted octanol–water partition coefficient (Wildman–Crippen LogP) is 0.427. The molecule has 4 nitrogen and oxygen atoms in total. The van der Waals surface area contributed by atoms with Crippen LogP contribution in [-0.2, 0) is 9.53 Å². The standard InChI is InChI=1S/C8H18N2O2/c1-6(5-10-9)7(11)12-8(2,3)4/h6,10H,5,9H2,1-4H3. The number of nitrogens with two attached hydrogens (primary N) is 1. The van der Waals surface area contributed by atoms with E-state index in [0.29, 0.717) is 6.54 Å². The van der Waals surface area contributed by atoms with Gasteiger partial charge >= 0.3 is 5.97 Å². The van der Waals surface area contributed by atoms with Gasteiger partial charge in [-0.05, 0) is 20.8 Å². The lowest BCUT2D eigenvalue weighted by Gasteiger charge is -2.21. The van der Waals surface area contributed by atoms with Crippen molar-refractivity contribution < 1.29 is 9.53 Å². The Morgan fingerprint density at radius 1 is 1.58 bits per heavy atom. The third-order valence-electron chi connectivity index (χ3n) is 1.23. The first-order valence-electron chi connectivity index (χ1n) is 4.03. The SMILES string of the molecule is CC(CNN)C(=O)OC(C)(C)C. The summed E-state index contributed by atoms with van der Waals surface area (Å²) in [5, 5.41) is 0. The molecule has 0 amide bonds. The third kappa shape index (κ3) is 5.09. The summed E-state index contributed by atoms with van der Waals surface area (Å²) in [5.74, 6) is 4.65. The van der Waals surface area contributed by atoms with Crippen molar-refractivity contribution in [1.82, 2.24) is 5.43 Å². The molecule has 0 aromatic carbocycles. The fraction of sp³-hybridized carbons (Fsp3) is 0.875. The van der Waals surface area contributed by atoms with Gasteiger partial charge in [-0.1, -0.05) is 6.92 Å². The normalized spacial score (nSPS) is 14.1. The van der Waals surface area contributed by atoms with Gasteiger partial charge in [-0.25, -0.2) is 0 Å². The number of esters is 1. The maximum atomic E-state index is 11.2. The Morgan fingerprint density at radius 3 is 2.42 bits per heavy atom. The largest absolute Gasteiger partial charge is 0.460 e. The van der Waals surface area contributed by atoms with Crippen LogP contribution >= 0.6 is 0 Å². The van der Waals surface area contributed by atoms with E-state index in [9.17, 15) is 4.79 Å². The van der Waals surface area contributed by atoms with Crippen LogP contribution in [0.1, 0.15) is 27.7 Å². The van der Waals surface area contributed by atoms with E-state index in [0.717, 1.165) is 0 Å². The zero-order chi connectivity index (χ0) is 9.78. The highest BCUT2D eigenvalue weighted by Crippen LogP contribution is 2.10. The Kier molecular flexibility index (Phi) is 4.20. The second-order valence-electron chi connectivity index (χ2n) is 3.84. The fourth-order valence-corrected chi connectivity index (χ4v) is 0.662. The van der Waals surface area contributed by atoms with Crippen molar-refractivity contribution in [2.24, 2.45) is 11.8 Å². The van der Waals surface area contributed by atoms with Gasteiger partial charge in [0, 0.05) is 6.54 Å². The van der Waals surface area contributed by atoms with Crippen molar-refractivity contribution in [2.75, 3.05) is 6.54 Å². The summed E-state index contributed by atoms with van der Waals surface area (Å²) in [5.41, 5.74) is 2.02. The van der Waals surface area contributed by atoms with Crippen LogP contribution in [0.2, 0.25) is 0 Å². The Hall–Kier alpha value is -0.610. The van der Waals surface area contributed by atoms with Crippen LogP contribution in [-0.4, -0.2) is 18.1 Å². The zero-order valence-corrected chi connectivity index (χ0v) is 8.18. The molecule has 0 rings (SSSR count). The van der Waals surface area contributed by atoms with Gasteiger partial charge < -0.3 is 4.74 Å². The van der Waals surface area contributed by atoms with Gasteiger partial charge in [-0.15, -0.1) is 0 Å². The molecule has 12 heavy (non-hydrogen) atoms. The number of carbonyl (C=O) groups excluding carboxylic acids is 1. The first-order chi connectivity index (χ1) is 5.37. The molecule has 0 aliphatic heterocycles. The number of hydrazine groups is 1. The fourth-order valence-electron chi connectivity index (χ4n) is 0.662. The van der Waals surface area contributed by atoms with Gasteiger partial charge in [0.05, 0.1) is 5.92 Å². The number of nitrogens with one attached hydrogen (secondary N) is 1. The van der Waals surface area contributed by atoms with Gasteiger partial charge in [0.2, 0.25) is 0 Å². The van der Waals surface area contributed by atoms with E-state index in [1.165, 1.54) is 0 Å².